The van der Waals surface area contributed by atoms with Crippen LogP contribution in [0.25, 0.3) is 0 Å². The van der Waals surface area contributed by atoms with Crippen molar-refractivity contribution in [3.8, 4) is 0 Å². The first-order valence-corrected chi connectivity index (χ1v) is 4.61. The van der Waals surface area contributed by atoms with Crippen molar-refractivity contribution in [2.75, 3.05) is 6.61 Å². The average Bonchev–Trinajstić information content (AvgIpc) is 2.15. The van der Waals surface area contributed by atoms with Crippen LogP contribution in [0.1, 0.15) is 32.1 Å². The standard InChI is InChI=1S/C10H14O3/c11-9-6-4-2-1-3-5-7-10(12)13-8-9/h1,3H,2,4-8H2/b3-1+. The van der Waals surface area contributed by atoms with E-state index in [-0.39, 0.29) is 18.4 Å². The lowest BCUT2D eigenvalue weighted by Gasteiger charge is -2.01. The van der Waals surface area contributed by atoms with Gasteiger partial charge in [-0.05, 0) is 19.3 Å². The van der Waals surface area contributed by atoms with Crippen molar-refractivity contribution in [2.24, 2.45) is 0 Å². The molecule has 3 nitrogen and oxygen atoms in total. The van der Waals surface area contributed by atoms with Gasteiger partial charge in [0.15, 0.2) is 5.78 Å². The van der Waals surface area contributed by atoms with Crippen LogP contribution in [-0.2, 0) is 14.3 Å². The lowest BCUT2D eigenvalue weighted by molar-refractivity contribution is -0.147. The topological polar surface area (TPSA) is 43.4 Å². The molecule has 13 heavy (non-hydrogen) atoms. The van der Waals surface area contributed by atoms with E-state index >= 15 is 0 Å². The number of allylic oxidation sites excluding steroid dienone is 2. The Hall–Kier alpha value is -1.12. The van der Waals surface area contributed by atoms with Gasteiger partial charge in [-0.2, -0.15) is 0 Å². The van der Waals surface area contributed by atoms with Gasteiger partial charge in [0.25, 0.3) is 0 Å². The highest BCUT2D eigenvalue weighted by Gasteiger charge is 2.07. The molecule has 0 aliphatic carbocycles. The predicted molar refractivity (Wildman–Crippen MR) is 48.2 cm³/mol. The van der Waals surface area contributed by atoms with E-state index in [1.54, 1.807) is 0 Å². The van der Waals surface area contributed by atoms with Crippen molar-refractivity contribution in [3.05, 3.63) is 12.2 Å². The monoisotopic (exact) mass is 182 g/mol. The third-order valence-corrected chi connectivity index (χ3v) is 1.90. The molecule has 0 N–H and O–H groups in total. The fourth-order valence-corrected chi connectivity index (χ4v) is 1.16. The summed E-state index contributed by atoms with van der Waals surface area (Å²) < 4.78 is 4.76. The van der Waals surface area contributed by atoms with Gasteiger partial charge in [-0.3, -0.25) is 9.59 Å². The Morgan fingerprint density at radius 2 is 1.85 bits per heavy atom. The molecule has 0 fully saturated rings. The van der Waals surface area contributed by atoms with E-state index in [9.17, 15) is 9.59 Å². The lowest BCUT2D eigenvalue weighted by Crippen LogP contribution is -2.12. The number of Topliss-reactive ketones (excluding diaryl/α,β-unsaturated/α-hetero) is 1. The highest BCUT2D eigenvalue weighted by Crippen LogP contribution is 2.03. The molecule has 1 rings (SSSR count). The Kier molecular flexibility index (Phi) is 4.23. The van der Waals surface area contributed by atoms with Gasteiger partial charge in [0.05, 0.1) is 0 Å². The molecule has 0 atom stereocenters. The molecule has 0 aromatic rings. The van der Waals surface area contributed by atoms with Crippen molar-refractivity contribution >= 4 is 11.8 Å². The Balaban J connectivity index is 2.41. The maximum absolute atomic E-state index is 11.1. The smallest absolute Gasteiger partial charge is 0.306 e. The Morgan fingerprint density at radius 1 is 1.08 bits per heavy atom. The van der Waals surface area contributed by atoms with Crippen LogP contribution in [0, 0.1) is 0 Å². The molecular weight excluding hydrogens is 168 g/mol. The third kappa shape index (κ3) is 4.45. The average molecular weight is 182 g/mol. The Morgan fingerprint density at radius 3 is 2.69 bits per heavy atom. The number of carbonyl (C=O) groups excluding carboxylic acids is 2. The van der Waals surface area contributed by atoms with Gasteiger partial charge < -0.3 is 4.74 Å². The number of ether oxygens (including phenoxy) is 1. The van der Waals surface area contributed by atoms with Gasteiger partial charge in [-0.25, -0.2) is 0 Å². The largest absolute Gasteiger partial charge is 0.458 e. The number of hydrogen-bond donors (Lipinski definition) is 0. The summed E-state index contributed by atoms with van der Waals surface area (Å²) in [6.07, 6.45) is 7.37. The third-order valence-electron chi connectivity index (χ3n) is 1.90. The second-order valence-electron chi connectivity index (χ2n) is 3.10. The zero-order valence-corrected chi connectivity index (χ0v) is 7.62. The quantitative estimate of drug-likeness (QED) is 0.422. The number of esters is 1. The first-order valence-electron chi connectivity index (χ1n) is 4.61. The summed E-state index contributed by atoms with van der Waals surface area (Å²) >= 11 is 0. The van der Waals surface area contributed by atoms with Crippen LogP contribution in [0.5, 0.6) is 0 Å². The van der Waals surface area contributed by atoms with Gasteiger partial charge in [0.1, 0.15) is 6.61 Å². The molecule has 0 aromatic heterocycles. The van der Waals surface area contributed by atoms with Gasteiger partial charge in [0, 0.05) is 12.8 Å². The number of cyclic esters (lactones) is 1. The van der Waals surface area contributed by atoms with Crippen LogP contribution in [-0.4, -0.2) is 18.4 Å². The van der Waals surface area contributed by atoms with Crippen LogP contribution in [0.15, 0.2) is 12.2 Å². The summed E-state index contributed by atoms with van der Waals surface area (Å²) in [5.41, 5.74) is 0. The zero-order chi connectivity index (χ0) is 9.52. The highest BCUT2D eigenvalue weighted by molar-refractivity contribution is 5.82. The number of carbonyl (C=O) groups is 2. The van der Waals surface area contributed by atoms with Gasteiger partial charge >= 0.3 is 5.97 Å². The minimum absolute atomic E-state index is 0.0173. The molecule has 1 aliphatic rings. The SMILES string of the molecule is O=C1CCC/C=C/CCC(=O)OC1. The van der Waals surface area contributed by atoms with Gasteiger partial charge in [0.2, 0.25) is 0 Å². The highest BCUT2D eigenvalue weighted by atomic mass is 16.5. The van der Waals surface area contributed by atoms with Crippen molar-refractivity contribution in [1.29, 1.82) is 0 Å². The maximum atomic E-state index is 11.1. The minimum atomic E-state index is -0.278. The second kappa shape index (κ2) is 5.51. The first kappa shape index (κ1) is 9.96. The fourth-order valence-electron chi connectivity index (χ4n) is 1.16. The Bertz CT molecular complexity index is 218. The summed E-state index contributed by atoms with van der Waals surface area (Å²) in [5.74, 6) is -0.261. The molecule has 0 radical (unpaired) electrons. The molecule has 72 valence electrons. The van der Waals surface area contributed by atoms with E-state index in [0.29, 0.717) is 19.3 Å². The molecular formula is C10H14O3. The summed E-state index contributed by atoms with van der Waals surface area (Å²) in [4.78, 5) is 22.0. The fraction of sp³-hybridized carbons (Fsp3) is 0.600. The number of rotatable bonds is 0. The van der Waals surface area contributed by atoms with Crippen LogP contribution in [0.2, 0.25) is 0 Å². The van der Waals surface area contributed by atoms with E-state index in [0.717, 1.165) is 12.8 Å². The summed E-state index contributed by atoms with van der Waals surface area (Å²) in [5, 5.41) is 0. The van der Waals surface area contributed by atoms with Crippen LogP contribution in [0.3, 0.4) is 0 Å². The molecule has 0 unspecified atom stereocenters. The van der Waals surface area contributed by atoms with Crippen molar-refractivity contribution < 1.29 is 14.3 Å². The zero-order valence-electron chi connectivity index (χ0n) is 7.62. The molecule has 3 heteroatoms. The Labute approximate surface area is 77.8 Å². The minimum Gasteiger partial charge on any atom is -0.458 e. The first-order chi connectivity index (χ1) is 6.29. The molecule has 0 saturated carbocycles. The van der Waals surface area contributed by atoms with Gasteiger partial charge in [-0.1, -0.05) is 12.2 Å². The van der Waals surface area contributed by atoms with Crippen molar-refractivity contribution in [3.63, 3.8) is 0 Å². The van der Waals surface area contributed by atoms with E-state index in [1.165, 1.54) is 0 Å². The maximum Gasteiger partial charge on any atom is 0.306 e. The van der Waals surface area contributed by atoms with E-state index < -0.39 is 0 Å². The van der Waals surface area contributed by atoms with E-state index in [1.807, 2.05) is 12.2 Å². The van der Waals surface area contributed by atoms with Crippen molar-refractivity contribution in [1.82, 2.24) is 0 Å². The second-order valence-corrected chi connectivity index (χ2v) is 3.10. The lowest BCUT2D eigenvalue weighted by atomic mass is 10.2. The summed E-state index contributed by atoms with van der Waals surface area (Å²) in [7, 11) is 0. The summed E-state index contributed by atoms with van der Waals surface area (Å²) in [6, 6.07) is 0. The van der Waals surface area contributed by atoms with Crippen molar-refractivity contribution in [2.45, 2.75) is 32.1 Å². The molecule has 1 aliphatic heterocycles. The predicted octanol–water partition coefficient (Wildman–Crippen LogP) is 1.62. The molecule has 0 amide bonds. The van der Waals surface area contributed by atoms with E-state index in [4.69, 9.17) is 4.74 Å². The van der Waals surface area contributed by atoms with Gasteiger partial charge in [-0.15, -0.1) is 0 Å². The molecule has 0 bridgehead atoms. The molecule has 0 saturated heterocycles. The number of ketones is 1. The number of hydrogen-bond acceptors (Lipinski definition) is 3. The van der Waals surface area contributed by atoms with Crippen LogP contribution < -0.4 is 0 Å². The molecule has 1 heterocycles. The summed E-state index contributed by atoms with van der Waals surface area (Å²) in [6.45, 7) is -0.0428. The van der Waals surface area contributed by atoms with Crippen LogP contribution in [0.4, 0.5) is 0 Å². The van der Waals surface area contributed by atoms with E-state index in [2.05, 4.69) is 0 Å². The molecule has 0 aromatic carbocycles. The molecule has 0 spiro atoms. The normalized spacial score (nSPS) is 23.1. The van der Waals surface area contributed by atoms with Crippen LogP contribution >= 0.6 is 0 Å².